The Morgan fingerprint density at radius 3 is 1.41 bits per heavy atom. The van der Waals surface area contributed by atoms with Gasteiger partial charge in [-0.25, -0.2) is 0 Å². The summed E-state index contributed by atoms with van der Waals surface area (Å²) in [7, 11) is -0.294. The maximum atomic E-state index is 2.47. The first kappa shape index (κ1) is 26.6. The molecule has 0 nitrogen and oxygen atoms in total. The summed E-state index contributed by atoms with van der Waals surface area (Å²) >= 11 is 0. The van der Waals surface area contributed by atoms with Crippen molar-refractivity contribution in [1.82, 2.24) is 0 Å². The van der Waals surface area contributed by atoms with Crippen molar-refractivity contribution in [2.24, 2.45) is 0 Å². The van der Waals surface area contributed by atoms with E-state index in [0.29, 0.717) is 0 Å². The Hall–Kier alpha value is -0.447. The molecule has 0 aliphatic heterocycles. The molecule has 0 aliphatic carbocycles. The maximum absolute atomic E-state index is 2.47. The molecule has 4 heteroatoms. The van der Waals surface area contributed by atoms with Crippen molar-refractivity contribution < 1.29 is 51.0 Å². The minimum atomic E-state index is -0.294. The Balaban J connectivity index is 0.00000140. The van der Waals surface area contributed by atoms with Crippen LogP contribution < -0.4 is 35.4 Å². The topological polar surface area (TPSA) is 0 Å². The summed E-state index contributed by atoms with van der Waals surface area (Å²) in [5.41, 5.74) is 5.57. The van der Waals surface area contributed by atoms with Crippen LogP contribution in [0, 0.1) is 27.7 Å². The number of benzene rings is 2. The zero-order valence-electron chi connectivity index (χ0n) is 17.7. The SMILES string of the molecule is CCCP(c1cc2c(C)ccc(C)c2[cH-]1)c1cc2c(C)ccc(C)c2[cH-]1.[Cl-].[Cl-].[Zr+4]. The van der Waals surface area contributed by atoms with Crippen molar-refractivity contribution in [2.45, 2.75) is 41.0 Å². The fraction of sp³-hybridized carbons (Fsp3) is 0.280. The van der Waals surface area contributed by atoms with E-state index < -0.39 is 0 Å². The zero-order valence-corrected chi connectivity index (χ0v) is 22.6. The molecule has 29 heavy (non-hydrogen) atoms. The smallest absolute Gasteiger partial charge is 1.00 e. The number of aryl methyl sites for hydroxylation is 4. The Kier molecular flexibility index (Phi) is 9.84. The van der Waals surface area contributed by atoms with Crippen LogP contribution >= 0.6 is 7.92 Å². The first-order valence-corrected chi connectivity index (χ1v) is 11.1. The molecule has 0 atom stereocenters. The first-order valence-electron chi connectivity index (χ1n) is 9.60. The van der Waals surface area contributed by atoms with E-state index >= 15 is 0 Å². The molecule has 0 saturated carbocycles. The van der Waals surface area contributed by atoms with Gasteiger partial charge in [0.25, 0.3) is 0 Å². The molecule has 4 rings (SSSR count). The molecule has 0 amide bonds. The van der Waals surface area contributed by atoms with Gasteiger partial charge in [0, 0.05) is 0 Å². The van der Waals surface area contributed by atoms with Crippen LogP contribution in [0.1, 0.15) is 35.6 Å². The molecule has 0 unspecified atom stereocenters. The van der Waals surface area contributed by atoms with Gasteiger partial charge in [-0.1, -0.05) is 58.4 Å². The number of rotatable bonds is 4. The standard InChI is InChI=1S/C25H27P.2ClH.Zr/c1-6-11-26(20-12-22-16(2)7-8-17(3)23(22)13-20)21-14-24-18(4)9-10-19(5)25(24)15-21;;;/h7-10,12-15H,6,11H2,1-5H3;2*1H;/q-2;;;+4/p-2. The molecule has 0 bridgehead atoms. The molecule has 0 aromatic heterocycles. The van der Waals surface area contributed by atoms with Gasteiger partial charge in [-0.15, -0.1) is 67.5 Å². The fourth-order valence-corrected chi connectivity index (χ4v) is 6.49. The zero-order chi connectivity index (χ0) is 18.4. The van der Waals surface area contributed by atoms with Crippen LogP contribution in [0.25, 0.3) is 21.5 Å². The summed E-state index contributed by atoms with van der Waals surface area (Å²) in [5.74, 6) is 0. The van der Waals surface area contributed by atoms with E-state index in [1.807, 2.05) is 0 Å². The molecule has 0 fully saturated rings. The second-order valence-corrected chi connectivity index (χ2v) is 9.97. The van der Waals surface area contributed by atoms with Crippen LogP contribution in [0.4, 0.5) is 0 Å². The Labute approximate surface area is 207 Å². The predicted octanol–water partition coefficient (Wildman–Crippen LogP) is 0.513. The van der Waals surface area contributed by atoms with Crippen LogP contribution in [0.5, 0.6) is 0 Å². The van der Waals surface area contributed by atoms with Gasteiger partial charge in [-0.05, 0) is 20.0 Å². The van der Waals surface area contributed by atoms with E-state index in [9.17, 15) is 0 Å². The third-order valence-corrected chi connectivity index (χ3v) is 8.34. The number of hydrogen-bond acceptors (Lipinski definition) is 0. The summed E-state index contributed by atoms with van der Waals surface area (Å²) in [6, 6.07) is 18.9. The van der Waals surface area contributed by atoms with Gasteiger partial charge in [0.1, 0.15) is 0 Å². The second kappa shape index (κ2) is 10.7. The van der Waals surface area contributed by atoms with Crippen LogP contribution in [0.15, 0.2) is 48.5 Å². The average Bonchev–Trinajstić information content (AvgIpc) is 3.25. The Morgan fingerprint density at radius 2 is 1.07 bits per heavy atom. The number of hydrogen-bond donors (Lipinski definition) is 0. The van der Waals surface area contributed by atoms with Crippen molar-refractivity contribution in [3.63, 3.8) is 0 Å². The van der Waals surface area contributed by atoms with E-state index in [1.165, 1.54) is 56.4 Å². The molecule has 0 spiro atoms. The van der Waals surface area contributed by atoms with Crippen molar-refractivity contribution in [1.29, 1.82) is 0 Å². The van der Waals surface area contributed by atoms with Crippen molar-refractivity contribution >= 4 is 40.1 Å². The maximum Gasteiger partial charge on any atom is 4.00 e. The molecule has 0 heterocycles. The van der Waals surface area contributed by atoms with Crippen LogP contribution in [-0.2, 0) is 26.2 Å². The minimum Gasteiger partial charge on any atom is -1.00 e. The number of fused-ring (bicyclic) bond motifs is 2. The molecule has 0 saturated heterocycles. The van der Waals surface area contributed by atoms with E-state index in [2.05, 4.69) is 83.1 Å². The van der Waals surface area contributed by atoms with E-state index in [4.69, 9.17) is 0 Å². The quantitative estimate of drug-likeness (QED) is 0.272. The molecule has 0 N–H and O–H groups in total. The van der Waals surface area contributed by atoms with E-state index in [-0.39, 0.29) is 58.9 Å². The van der Waals surface area contributed by atoms with Crippen molar-refractivity contribution in [3.05, 3.63) is 70.8 Å². The van der Waals surface area contributed by atoms with Gasteiger partial charge < -0.3 is 24.8 Å². The number of halogens is 2. The molecule has 4 aromatic rings. The van der Waals surface area contributed by atoms with Crippen LogP contribution in [0.2, 0.25) is 0 Å². The van der Waals surface area contributed by atoms with Gasteiger partial charge in [0.2, 0.25) is 0 Å². The van der Waals surface area contributed by atoms with Gasteiger partial charge in [-0.2, -0.15) is 12.1 Å². The third kappa shape index (κ3) is 4.91. The molecule has 4 aromatic carbocycles. The van der Waals surface area contributed by atoms with Crippen molar-refractivity contribution in [3.8, 4) is 0 Å². The minimum absolute atomic E-state index is 0. The summed E-state index contributed by atoms with van der Waals surface area (Å²) in [6.07, 6.45) is 2.49. The molecule has 0 radical (unpaired) electrons. The van der Waals surface area contributed by atoms with Gasteiger partial charge in [0.15, 0.2) is 0 Å². The normalized spacial score (nSPS) is 10.7. The second-order valence-electron chi connectivity index (χ2n) is 7.63. The fourth-order valence-electron chi connectivity index (χ4n) is 4.09. The monoisotopic (exact) mass is 518 g/mol. The summed E-state index contributed by atoms with van der Waals surface area (Å²) in [5, 5.41) is 8.83. The summed E-state index contributed by atoms with van der Waals surface area (Å²) < 4.78 is 0. The van der Waals surface area contributed by atoms with Crippen molar-refractivity contribution in [2.75, 3.05) is 6.16 Å². The molecular formula is C25H27Cl2PZr. The predicted molar refractivity (Wildman–Crippen MR) is 119 cm³/mol. The summed E-state index contributed by atoms with van der Waals surface area (Å²) in [6.45, 7) is 11.2. The molecule has 150 valence electrons. The first-order chi connectivity index (χ1) is 12.5. The largest absolute Gasteiger partial charge is 4.00 e. The molecular weight excluding hydrogens is 493 g/mol. The Bertz CT molecular complexity index is 943. The average molecular weight is 521 g/mol. The Morgan fingerprint density at radius 1 is 0.690 bits per heavy atom. The van der Waals surface area contributed by atoms with Gasteiger partial charge in [-0.3, -0.25) is 0 Å². The summed E-state index contributed by atoms with van der Waals surface area (Å²) in [4.78, 5) is 0. The van der Waals surface area contributed by atoms with Gasteiger partial charge >= 0.3 is 26.2 Å². The van der Waals surface area contributed by atoms with Crippen LogP contribution in [0.3, 0.4) is 0 Å². The van der Waals surface area contributed by atoms with E-state index in [1.54, 1.807) is 10.6 Å². The molecule has 0 aliphatic rings. The van der Waals surface area contributed by atoms with Crippen LogP contribution in [-0.4, -0.2) is 6.16 Å². The third-order valence-electron chi connectivity index (χ3n) is 5.69. The van der Waals surface area contributed by atoms with E-state index in [0.717, 1.165) is 0 Å². The van der Waals surface area contributed by atoms with Gasteiger partial charge in [0.05, 0.1) is 0 Å².